The summed E-state index contributed by atoms with van der Waals surface area (Å²) in [6.45, 7) is 1.52. The Bertz CT molecular complexity index is 1040. The van der Waals surface area contributed by atoms with Crippen molar-refractivity contribution in [2.75, 3.05) is 18.4 Å². The first kappa shape index (κ1) is 19.5. The van der Waals surface area contributed by atoms with Gasteiger partial charge >= 0.3 is 0 Å². The molecule has 1 aromatic heterocycles. The van der Waals surface area contributed by atoms with Crippen LogP contribution in [0, 0.1) is 0 Å². The van der Waals surface area contributed by atoms with Crippen molar-refractivity contribution < 1.29 is 9.59 Å². The number of amides is 2. The Labute approximate surface area is 175 Å². The number of carbonyl (C=O) groups is 2. The number of hydrogen-bond donors (Lipinski definition) is 2. The summed E-state index contributed by atoms with van der Waals surface area (Å²) in [5.41, 5.74) is 3.15. The van der Waals surface area contributed by atoms with Crippen molar-refractivity contribution in [3.8, 4) is 0 Å². The van der Waals surface area contributed by atoms with Gasteiger partial charge in [-0.05, 0) is 55.5 Å². The number of likely N-dealkylation sites (tertiary alicyclic amines) is 1. The first-order chi connectivity index (χ1) is 14.1. The van der Waals surface area contributed by atoms with Crippen molar-refractivity contribution in [1.29, 1.82) is 0 Å². The van der Waals surface area contributed by atoms with E-state index >= 15 is 0 Å². The lowest BCUT2D eigenvalue weighted by Gasteiger charge is -2.27. The molecule has 1 aliphatic rings. The molecule has 2 N–H and O–H groups in total. The van der Waals surface area contributed by atoms with Gasteiger partial charge in [-0.1, -0.05) is 29.8 Å². The second-order valence-corrected chi connectivity index (χ2v) is 7.89. The summed E-state index contributed by atoms with van der Waals surface area (Å²) in [6.07, 6.45) is 6.08. The predicted octanol–water partition coefficient (Wildman–Crippen LogP) is 5.02. The van der Waals surface area contributed by atoms with Gasteiger partial charge in [0.25, 0.3) is 5.91 Å². The summed E-state index contributed by atoms with van der Waals surface area (Å²) < 4.78 is 0. The number of aryl methyl sites for hydroxylation is 1. The summed E-state index contributed by atoms with van der Waals surface area (Å²) in [4.78, 5) is 30.6. The topological polar surface area (TPSA) is 65.2 Å². The van der Waals surface area contributed by atoms with Crippen LogP contribution in [-0.4, -0.2) is 34.8 Å². The van der Waals surface area contributed by atoms with Gasteiger partial charge in [-0.2, -0.15) is 0 Å². The molecule has 150 valence electrons. The molecule has 4 rings (SSSR count). The fraction of sp³-hybridized carbons (Fsp3) is 0.304. The summed E-state index contributed by atoms with van der Waals surface area (Å²) in [5.74, 6) is -0.182. The van der Waals surface area contributed by atoms with Gasteiger partial charge < -0.3 is 15.2 Å². The van der Waals surface area contributed by atoms with E-state index < -0.39 is 0 Å². The summed E-state index contributed by atoms with van der Waals surface area (Å²) in [6, 6.07) is 13.1. The normalized spacial score (nSPS) is 14.2. The fourth-order valence-corrected chi connectivity index (χ4v) is 4.05. The number of carbonyl (C=O) groups excluding carboxylic acids is 2. The van der Waals surface area contributed by atoms with Crippen LogP contribution < -0.4 is 5.32 Å². The molecule has 1 fully saturated rings. The number of hydrogen-bond acceptors (Lipinski definition) is 2. The molecule has 0 atom stereocenters. The highest BCUT2D eigenvalue weighted by Gasteiger charge is 2.21. The zero-order chi connectivity index (χ0) is 20.2. The number of rotatable bonds is 5. The van der Waals surface area contributed by atoms with Gasteiger partial charge in [0.15, 0.2) is 0 Å². The molecular formula is C23H24ClN3O2. The Balaban J connectivity index is 1.46. The number of aromatic nitrogens is 1. The van der Waals surface area contributed by atoms with Gasteiger partial charge in [-0.25, -0.2) is 0 Å². The monoisotopic (exact) mass is 409 g/mol. The average molecular weight is 410 g/mol. The number of H-pyrrole nitrogens is 1. The van der Waals surface area contributed by atoms with Crippen LogP contribution in [-0.2, 0) is 11.2 Å². The fourth-order valence-electron chi connectivity index (χ4n) is 3.87. The van der Waals surface area contributed by atoms with Gasteiger partial charge in [0, 0.05) is 41.6 Å². The molecule has 29 heavy (non-hydrogen) atoms. The number of anilines is 1. The Morgan fingerprint density at radius 3 is 2.69 bits per heavy atom. The number of aromatic amines is 1. The van der Waals surface area contributed by atoms with E-state index in [9.17, 15) is 9.59 Å². The van der Waals surface area contributed by atoms with E-state index in [2.05, 4.69) is 10.3 Å². The standard InChI is InChI=1S/C23H24ClN3O2/c24-17-9-10-19(23(29)27-12-4-1-5-13-27)21(14-17)26-22(28)11-8-16-15-25-20-7-3-2-6-18(16)20/h2-3,6-7,9-10,14-15,25H,1,4-5,8,11-13H2,(H,26,28). The molecule has 2 heterocycles. The van der Waals surface area contributed by atoms with Gasteiger partial charge in [0.05, 0.1) is 11.3 Å². The molecule has 0 saturated carbocycles. The molecular weight excluding hydrogens is 386 g/mol. The van der Waals surface area contributed by atoms with Gasteiger partial charge in [-0.3, -0.25) is 9.59 Å². The highest BCUT2D eigenvalue weighted by atomic mass is 35.5. The maximum Gasteiger partial charge on any atom is 0.255 e. The van der Waals surface area contributed by atoms with Crippen LogP contribution in [0.1, 0.15) is 41.6 Å². The molecule has 1 aliphatic heterocycles. The molecule has 5 nitrogen and oxygen atoms in total. The van der Waals surface area contributed by atoms with Crippen LogP contribution >= 0.6 is 11.6 Å². The van der Waals surface area contributed by atoms with Crippen molar-refractivity contribution in [3.05, 3.63) is 64.8 Å². The minimum atomic E-state index is -0.134. The van der Waals surface area contributed by atoms with Crippen LogP contribution in [0.15, 0.2) is 48.7 Å². The summed E-state index contributed by atoms with van der Waals surface area (Å²) in [5, 5.41) is 4.52. The highest BCUT2D eigenvalue weighted by molar-refractivity contribution is 6.31. The minimum absolute atomic E-state index is 0.0479. The molecule has 0 unspecified atom stereocenters. The third-order valence-corrected chi connectivity index (χ3v) is 5.66. The van der Waals surface area contributed by atoms with E-state index in [0.29, 0.717) is 29.1 Å². The first-order valence-corrected chi connectivity index (χ1v) is 10.4. The molecule has 2 amide bonds. The molecule has 0 spiro atoms. The van der Waals surface area contributed by atoms with Crippen molar-refractivity contribution in [3.63, 3.8) is 0 Å². The van der Waals surface area contributed by atoms with Crippen LogP contribution in [0.4, 0.5) is 5.69 Å². The largest absolute Gasteiger partial charge is 0.361 e. The number of nitrogens with one attached hydrogen (secondary N) is 2. The van der Waals surface area contributed by atoms with Crippen LogP contribution in [0.5, 0.6) is 0 Å². The van der Waals surface area contributed by atoms with E-state index in [0.717, 1.165) is 48.8 Å². The van der Waals surface area contributed by atoms with E-state index in [1.54, 1.807) is 18.2 Å². The van der Waals surface area contributed by atoms with Gasteiger partial charge in [0.2, 0.25) is 5.91 Å². The van der Waals surface area contributed by atoms with Crippen molar-refractivity contribution in [1.82, 2.24) is 9.88 Å². The lowest BCUT2D eigenvalue weighted by molar-refractivity contribution is -0.116. The maximum atomic E-state index is 12.9. The quantitative estimate of drug-likeness (QED) is 0.621. The molecule has 3 aromatic rings. The second-order valence-electron chi connectivity index (χ2n) is 7.45. The minimum Gasteiger partial charge on any atom is -0.361 e. The number of benzene rings is 2. The predicted molar refractivity (Wildman–Crippen MR) is 116 cm³/mol. The number of piperidine rings is 1. The zero-order valence-electron chi connectivity index (χ0n) is 16.2. The molecule has 0 bridgehead atoms. The van der Waals surface area contributed by atoms with Crippen molar-refractivity contribution in [2.45, 2.75) is 32.1 Å². The highest BCUT2D eigenvalue weighted by Crippen LogP contribution is 2.25. The molecule has 6 heteroatoms. The first-order valence-electron chi connectivity index (χ1n) is 10.1. The molecule has 2 aromatic carbocycles. The number of para-hydroxylation sites is 1. The molecule has 0 aliphatic carbocycles. The Morgan fingerprint density at radius 2 is 1.86 bits per heavy atom. The van der Waals surface area contributed by atoms with Gasteiger partial charge in [-0.15, -0.1) is 0 Å². The van der Waals surface area contributed by atoms with E-state index in [1.807, 2.05) is 35.4 Å². The Morgan fingerprint density at radius 1 is 1.07 bits per heavy atom. The smallest absolute Gasteiger partial charge is 0.255 e. The lowest BCUT2D eigenvalue weighted by Crippen LogP contribution is -2.36. The van der Waals surface area contributed by atoms with E-state index in [1.165, 1.54) is 0 Å². The second kappa shape index (κ2) is 8.70. The zero-order valence-corrected chi connectivity index (χ0v) is 17.0. The summed E-state index contributed by atoms with van der Waals surface area (Å²) in [7, 11) is 0. The van der Waals surface area contributed by atoms with E-state index in [-0.39, 0.29) is 11.8 Å². The maximum absolute atomic E-state index is 12.9. The number of fused-ring (bicyclic) bond motifs is 1. The third-order valence-electron chi connectivity index (χ3n) is 5.43. The SMILES string of the molecule is O=C(CCc1c[nH]c2ccccc12)Nc1cc(Cl)ccc1C(=O)N1CCCCC1. The Kier molecular flexibility index (Phi) is 5.86. The molecule has 1 saturated heterocycles. The Hall–Kier alpha value is -2.79. The van der Waals surface area contributed by atoms with Crippen molar-refractivity contribution >= 4 is 40.0 Å². The van der Waals surface area contributed by atoms with Crippen LogP contribution in [0.2, 0.25) is 5.02 Å². The van der Waals surface area contributed by atoms with Gasteiger partial charge in [0.1, 0.15) is 0 Å². The molecule has 0 radical (unpaired) electrons. The lowest BCUT2D eigenvalue weighted by atomic mass is 10.1. The third kappa shape index (κ3) is 4.46. The number of nitrogens with zero attached hydrogens (tertiary/aromatic N) is 1. The van der Waals surface area contributed by atoms with E-state index in [4.69, 9.17) is 11.6 Å². The van der Waals surface area contributed by atoms with Crippen LogP contribution in [0.25, 0.3) is 10.9 Å². The van der Waals surface area contributed by atoms with Crippen molar-refractivity contribution in [2.24, 2.45) is 0 Å². The van der Waals surface area contributed by atoms with Crippen LogP contribution in [0.3, 0.4) is 0 Å². The number of halogens is 1. The summed E-state index contributed by atoms with van der Waals surface area (Å²) >= 11 is 6.13. The average Bonchev–Trinajstić information content (AvgIpc) is 3.16.